The maximum Gasteiger partial charge on any atom is 0.131 e. The molecule has 8 aromatic rings. The lowest BCUT2D eigenvalue weighted by Gasteiger charge is -2.27. The third-order valence-corrected chi connectivity index (χ3v) is 14.2. The van der Waals surface area contributed by atoms with Gasteiger partial charge >= 0.3 is 0 Å². The molecule has 0 radical (unpaired) electrons. The van der Waals surface area contributed by atoms with E-state index in [9.17, 15) is 0 Å². The number of nitrogens with one attached hydrogen (secondary N) is 2. The average Bonchev–Trinajstić information content (AvgIpc) is 4.14. The molecule has 14 nitrogen and oxygen atoms in total. The van der Waals surface area contributed by atoms with Gasteiger partial charge in [-0.3, -0.25) is 29.1 Å². The summed E-state index contributed by atoms with van der Waals surface area (Å²) < 4.78 is 75.2. The maximum atomic E-state index is 15.1. The molecule has 372 valence electrons. The van der Waals surface area contributed by atoms with E-state index in [0.717, 1.165) is 63.0 Å². The molecule has 0 bridgehead atoms. The monoisotopic (exact) mass is 980 g/mol. The summed E-state index contributed by atoms with van der Waals surface area (Å²) in [5, 5.41) is 15.9. The van der Waals surface area contributed by atoms with E-state index in [-0.39, 0.29) is 24.2 Å². The standard InChI is InChI=1S/2C27H28F2N6O/c2*28-23-12-18(13-24(29)22(23)17-34-8-10-36-11-9-34)21-2-1-3-25-27(21)33-26(15-31-25)19-14-32-35(16-19)20-4-6-30-7-5-20/h2*1-3,12-16,20,30H,4-11,17H2. The number of benzene rings is 4. The van der Waals surface area contributed by atoms with Crippen LogP contribution >= 0.6 is 0 Å². The number of para-hydroxylation sites is 2. The van der Waals surface area contributed by atoms with Crippen LogP contribution in [0, 0.1) is 23.3 Å². The van der Waals surface area contributed by atoms with Crippen molar-refractivity contribution in [2.45, 2.75) is 50.9 Å². The van der Waals surface area contributed by atoms with Crippen molar-refractivity contribution in [1.29, 1.82) is 0 Å². The second-order valence-corrected chi connectivity index (χ2v) is 18.9. The summed E-state index contributed by atoms with van der Waals surface area (Å²) in [6, 6.07) is 17.4. The fourth-order valence-corrected chi connectivity index (χ4v) is 10.1. The first-order chi connectivity index (χ1) is 35.3. The molecule has 0 atom stereocenters. The average molecular weight is 981 g/mol. The Morgan fingerprint density at radius 1 is 0.500 bits per heavy atom. The zero-order valence-electron chi connectivity index (χ0n) is 39.9. The van der Waals surface area contributed by atoms with Gasteiger partial charge in [0.05, 0.1) is 96.8 Å². The summed E-state index contributed by atoms with van der Waals surface area (Å²) in [7, 11) is 0. The summed E-state index contributed by atoms with van der Waals surface area (Å²) in [6.07, 6.45) is 15.2. The number of ether oxygens (including phenoxy) is 2. The van der Waals surface area contributed by atoms with Crippen LogP contribution < -0.4 is 10.6 Å². The Morgan fingerprint density at radius 2 is 0.889 bits per heavy atom. The zero-order chi connectivity index (χ0) is 49.0. The van der Waals surface area contributed by atoms with Crippen LogP contribution in [0.2, 0.25) is 0 Å². The van der Waals surface area contributed by atoms with Gasteiger partial charge in [0.2, 0.25) is 0 Å². The van der Waals surface area contributed by atoms with Crippen molar-refractivity contribution < 1.29 is 27.0 Å². The second kappa shape index (κ2) is 21.7. The molecule has 4 aliphatic heterocycles. The Labute approximate surface area is 414 Å². The maximum absolute atomic E-state index is 15.1. The minimum absolute atomic E-state index is 0.0815. The van der Waals surface area contributed by atoms with Crippen LogP contribution in [0.3, 0.4) is 0 Å². The van der Waals surface area contributed by atoms with Crippen LogP contribution in [0.15, 0.2) is 97.8 Å². The number of fused-ring (bicyclic) bond motifs is 2. The molecule has 4 saturated heterocycles. The molecule has 4 fully saturated rings. The summed E-state index contributed by atoms with van der Waals surface area (Å²) in [5.74, 6) is -2.22. The zero-order valence-corrected chi connectivity index (χ0v) is 39.9. The van der Waals surface area contributed by atoms with Crippen LogP contribution in [0.4, 0.5) is 17.6 Å². The fourth-order valence-electron chi connectivity index (χ4n) is 10.1. The Bertz CT molecular complexity index is 2920. The molecule has 2 N–H and O–H groups in total. The van der Waals surface area contributed by atoms with Crippen molar-refractivity contribution in [2.75, 3.05) is 78.8 Å². The smallest absolute Gasteiger partial charge is 0.131 e. The summed E-state index contributed by atoms with van der Waals surface area (Å²) in [4.78, 5) is 22.9. The number of nitrogens with zero attached hydrogens (tertiary/aromatic N) is 10. The molecular formula is C54H56F4N12O2. The molecule has 4 aromatic carbocycles. The molecule has 0 amide bonds. The van der Waals surface area contributed by atoms with Gasteiger partial charge in [0.1, 0.15) is 23.3 Å². The molecular weight excluding hydrogens is 925 g/mol. The van der Waals surface area contributed by atoms with E-state index < -0.39 is 23.3 Å². The molecule has 18 heteroatoms. The normalized spacial score (nSPS) is 17.6. The minimum Gasteiger partial charge on any atom is -0.379 e. The van der Waals surface area contributed by atoms with Gasteiger partial charge < -0.3 is 20.1 Å². The molecule has 0 unspecified atom stereocenters. The molecule has 12 rings (SSSR count). The van der Waals surface area contributed by atoms with E-state index in [0.29, 0.717) is 120 Å². The first kappa shape index (κ1) is 47.8. The van der Waals surface area contributed by atoms with Gasteiger partial charge in [0.25, 0.3) is 0 Å². The third-order valence-electron chi connectivity index (χ3n) is 14.2. The lowest BCUT2D eigenvalue weighted by molar-refractivity contribution is 0.0332. The first-order valence-electron chi connectivity index (χ1n) is 24.9. The summed E-state index contributed by atoms with van der Waals surface area (Å²) >= 11 is 0. The lowest BCUT2D eigenvalue weighted by Crippen LogP contribution is -2.36. The van der Waals surface area contributed by atoms with Gasteiger partial charge in [-0.15, -0.1) is 0 Å². The number of hydrogen-bond acceptors (Lipinski definition) is 12. The largest absolute Gasteiger partial charge is 0.379 e. The molecule has 0 spiro atoms. The van der Waals surface area contributed by atoms with Crippen LogP contribution in [0.5, 0.6) is 0 Å². The third kappa shape index (κ3) is 10.5. The molecule has 72 heavy (non-hydrogen) atoms. The Balaban J connectivity index is 0.000000156. The molecule has 4 aromatic heterocycles. The van der Waals surface area contributed by atoms with E-state index in [2.05, 4.69) is 30.8 Å². The van der Waals surface area contributed by atoms with E-state index in [4.69, 9.17) is 19.4 Å². The first-order valence-corrected chi connectivity index (χ1v) is 24.9. The van der Waals surface area contributed by atoms with Crippen molar-refractivity contribution in [2.24, 2.45) is 0 Å². The predicted octanol–water partition coefficient (Wildman–Crippen LogP) is 8.39. The van der Waals surface area contributed by atoms with E-state index in [1.165, 1.54) is 24.3 Å². The van der Waals surface area contributed by atoms with Crippen LogP contribution in [0.1, 0.15) is 48.9 Å². The highest BCUT2D eigenvalue weighted by molar-refractivity contribution is 5.93. The van der Waals surface area contributed by atoms with Crippen LogP contribution in [-0.2, 0) is 22.6 Å². The number of rotatable bonds is 10. The Kier molecular flexibility index (Phi) is 14.4. The topological polar surface area (TPSA) is 136 Å². The van der Waals surface area contributed by atoms with Gasteiger partial charge in [-0.25, -0.2) is 27.5 Å². The number of hydrogen-bond donors (Lipinski definition) is 2. The fraction of sp³-hybridized carbons (Fsp3) is 0.370. The van der Waals surface area contributed by atoms with Gasteiger partial charge in [0.15, 0.2) is 0 Å². The molecule has 0 saturated carbocycles. The number of aromatic nitrogens is 8. The van der Waals surface area contributed by atoms with Crippen molar-refractivity contribution in [1.82, 2.24) is 59.9 Å². The highest BCUT2D eigenvalue weighted by Crippen LogP contribution is 2.34. The van der Waals surface area contributed by atoms with Gasteiger partial charge in [-0.1, -0.05) is 24.3 Å². The Morgan fingerprint density at radius 3 is 1.28 bits per heavy atom. The van der Waals surface area contributed by atoms with Crippen molar-refractivity contribution in [3.8, 4) is 44.8 Å². The van der Waals surface area contributed by atoms with Gasteiger partial charge in [0, 0.05) is 85.0 Å². The quantitative estimate of drug-likeness (QED) is 0.128. The highest BCUT2D eigenvalue weighted by Gasteiger charge is 2.23. The predicted molar refractivity (Wildman–Crippen MR) is 267 cm³/mol. The molecule has 0 aliphatic carbocycles. The number of morpholine rings is 2. The van der Waals surface area contributed by atoms with E-state index >= 15 is 17.6 Å². The summed E-state index contributed by atoms with van der Waals surface area (Å²) in [5.41, 5.74) is 7.97. The number of piperidine rings is 2. The van der Waals surface area contributed by atoms with Crippen molar-refractivity contribution >= 4 is 22.1 Å². The van der Waals surface area contributed by atoms with Crippen LogP contribution in [-0.4, -0.2) is 128 Å². The van der Waals surface area contributed by atoms with E-state index in [1.54, 1.807) is 24.8 Å². The minimum atomic E-state index is -0.555. The van der Waals surface area contributed by atoms with Crippen molar-refractivity contribution in [3.05, 3.63) is 132 Å². The van der Waals surface area contributed by atoms with Crippen LogP contribution in [0.25, 0.3) is 66.8 Å². The second-order valence-electron chi connectivity index (χ2n) is 18.9. The van der Waals surface area contributed by atoms with E-state index in [1.807, 2.05) is 68.0 Å². The van der Waals surface area contributed by atoms with Gasteiger partial charge in [-0.05, 0) is 99.4 Å². The number of halogens is 4. The lowest BCUT2D eigenvalue weighted by atomic mass is 10.0. The summed E-state index contributed by atoms with van der Waals surface area (Å²) in [6.45, 7) is 9.35. The SMILES string of the molecule is Fc1cc(-c2cccc3ncc(-c4cnn(C5CCNCC5)c4)nc23)cc(F)c1CN1CCOCC1.Fc1cc(-c2cccc3ncc(-c4cnn(C5CCNCC5)c4)nc23)cc(F)c1CN1CCOCC1. The van der Waals surface area contributed by atoms with Gasteiger partial charge in [-0.2, -0.15) is 10.2 Å². The molecule has 4 aliphatic rings. The van der Waals surface area contributed by atoms with Crippen molar-refractivity contribution in [3.63, 3.8) is 0 Å². The molecule has 8 heterocycles. The highest BCUT2D eigenvalue weighted by atomic mass is 19.1. The Hall–Kier alpha value is -6.54.